The maximum absolute atomic E-state index is 13.8. The minimum atomic E-state index is -0.150. The summed E-state index contributed by atoms with van der Waals surface area (Å²) in [4.78, 5) is 9.16. The van der Waals surface area contributed by atoms with Crippen LogP contribution in [-0.4, -0.2) is 75.2 Å². The summed E-state index contributed by atoms with van der Waals surface area (Å²) < 4.78 is 14.6. The molecule has 1 aliphatic heterocycles. The lowest BCUT2D eigenvalue weighted by molar-refractivity contribution is 0.120. The molecule has 1 aromatic carbocycles. The van der Waals surface area contributed by atoms with Gasteiger partial charge in [0.15, 0.2) is 5.96 Å². The highest BCUT2D eigenvalue weighted by atomic mass is 79.9. The van der Waals surface area contributed by atoms with Gasteiger partial charge in [0.1, 0.15) is 5.82 Å². The first kappa shape index (κ1) is 21.1. The first-order valence-corrected chi connectivity index (χ1v) is 10.1. The highest BCUT2D eigenvalue weighted by Crippen LogP contribution is 2.16. The Morgan fingerprint density at radius 1 is 1.27 bits per heavy atom. The van der Waals surface area contributed by atoms with Crippen LogP contribution >= 0.6 is 15.9 Å². The van der Waals surface area contributed by atoms with Gasteiger partial charge in [0, 0.05) is 56.8 Å². The summed E-state index contributed by atoms with van der Waals surface area (Å²) in [5.74, 6) is 0.658. The Morgan fingerprint density at radius 2 is 2.00 bits per heavy atom. The second-order valence-electron chi connectivity index (χ2n) is 6.91. The molecule has 0 saturated carbocycles. The summed E-state index contributed by atoms with van der Waals surface area (Å²) in [5.41, 5.74) is 0.752. The third-order valence-electron chi connectivity index (χ3n) is 4.88. The number of nitrogens with zero attached hydrogens (tertiary/aromatic N) is 3. The monoisotopic (exact) mass is 427 g/mol. The van der Waals surface area contributed by atoms with Crippen LogP contribution in [0.2, 0.25) is 0 Å². The fourth-order valence-electron chi connectivity index (χ4n) is 3.07. The van der Waals surface area contributed by atoms with Gasteiger partial charge in [0.2, 0.25) is 0 Å². The van der Waals surface area contributed by atoms with Gasteiger partial charge < -0.3 is 15.5 Å². The van der Waals surface area contributed by atoms with Crippen molar-refractivity contribution in [1.29, 1.82) is 0 Å². The van der Waals surface area contributed by atoms with Crippen LogP contribution in [0.4, 0.5) is 4.39 Å². The highest BCUT2D eigenvalue weighted by molar-refractivity contribution is 9.10. The Hall–Kier alpha value is -1.18. The average molecular weight is 428 g/mol. The Morgan fingerprint density at radius 3 is 2.65 bits per heavy atom. The molecule has 26 heavy (non-hydrogen) atoms. The van der Waals surface area contributed by atoms with Crippen LogP contribution in [0.15, 0.2) is 27.7 Å². The molecule has 1 atom stereocenters. The standard InChI is InChI=1S/C19H31BrFN5/c1-15(26-11-9-25(3)10-12-26)14-24-19(22-2)23-8-4-5-16-6-7-17(20)13-18(16)21/h6-7,13,15H,4-5,8-12,14H2,1-3H3,(H2,22,23,24). The second-order valence-corrected chi connectivity index (χ2v) is 7.82. The van der Waals surface area contributed by atoms with E-state index in [1.54, 1.807) is 7.05 Å². The van der Waals surface area contributed by atoms with Gasteiger partial charge in [-0.25, -0.2) is 4.39 Å². The summed E-state index contributed by atoms with van der Waals surface area (Å²) in [6, 6.07) is 5.71. The molecule has 0 aliphatic carbocycles. The molecule has 1 unspecified atom stereocenters. The maximum atomic E-state index is 13.8. The van der Waals surface area contributed by atoms with Crippen molar-refractivity contribution >= 4 is 21.9 Å². The van der Waals surface area contributed by atoms with E-state index in [2.05, 4.69) is 55.3 Å². The van der Waals surface area contributed by atoms with Crippen molar-refractivity contribution in [3.05, 3.63) is 34.1 Å². The molecule has 146 valence electrons. The summed E-state index contributed by atoms with van der Waals surface area (Å²) in [7, 11) is 3.95. The van der Waals surface area contributed by atoms with Crippen LogP contribution in [0.5, 0.6) is 0 Å². The average Bonchev–Trinajstić information content (AvgIpc) is 2.63. The van der Waals surface area contributed by atoms with Crippen LogP contribution in [0.25, 0.3) is 0 Å². The molecular formula is C19H31BrFN5. The normalized spacial score (nSPS) is 18.0. The zero-order valence-electron chi connectivity index (χ0n) is 16.1. The van der Waals surface area contributed by atoms with Crippen molar-refractivity contribution in [2.75, 3.05) is 53.4 Å². The Balaban J connectivity index is 1.66. The molecule has 1 fully saturated rings. The number of hydrogen-bond donors (Lipinski definition) is 2. The minimum absolute atomic E-state index is 0.150. The third kappa shape index (κ3) is 6.85. The fraction of sp³-hybridized carbons (Fsp3) is 0.632. The molecule has 2 rings (SSSR count). The van der Waals surface area contributed by atoms with E-state index in [0.717, 1.165) is 61.7 Å². The van der Waals surface area contributed by atoms with E-state index in [-0.39, 0.29) is 5.82 Å². The third-order valence-corrected chi connectivity index (χ3v) is 5.37. The fourth-order valence-corrected chi connectivity index (χ4v) is 3.40. The van der Waals surface area contributed by atoms with Gasteiger partial charge in [0.25, 0.3) is 0 Å². The van der Waals surface area contributed by atoms with Crippen LogP contribution in [0.1, 0.15) is 18.9 Å². The zero-order chi connectivity index (χ0) is 18.9. The molecule has 0 radical (unpaired) electrons. The van der Waals surface area contributed by atoms with Crippen LogP contribution < -0.4 is 10.6 Å². The number of hydrogen-bond acceptors (Lipinski definition) is 3. The SMILES string of the molecule is CN=C(NCCCc1ccc(Br)cc1F)NCC(C)N1CCN(C)CC1. The molecule has 7 heteroatoms. The minimum Gasteiger partial charge on any atom is -0.356 e. The number of rotatable bonds is 7. The largest absolute Gasteiger partial charge is 0.356 e. The lowest BCUT2D eigenvalue weighted by Crippen LogP contribution is -2.52. The number of aryl methyl sites for hydroxylation is 1. The van der Waals surface area contributed by atoms with E-state index in [4.69, 9.17) is 0 Å². The Kier molecular flexibility index (Phi) is 8.81. The molecule has 2 N–H and O–H groups in total. The van der Waals surface area contributed by atoms with Crippen molar-refractivity contribution in [3.8, 4) is 0 Å². The van der Waals surface area contributed by atoms with Crippen molar-refractivity contribution in [3.63, 3.8) is 0 Å². The van der Waals surface area contributed by atoms with E-state index >= 15 is 0 Å². The van der Waals surface area contributed by atoms with Crippen molar-refractivity contribution in [2.24, 2.45) is 4.99 Å². The lowest BCUT2D eigenvalue weighted by Gasteiger charge is -2.36. The number of piperazine rings is 1. The number of nitrogens with one attached hydrogen (secondary N) is 2. The Bertz CT molecular complexity index is 587. The molecule has 5 nitrogen and oxygen atoms in total. The van der Waals surface area contributed by atoms with Crippen LogP contribution in [0.3, 0.4) is 0 Å². The molecule has 1 saturated heterocycles. The van der Waals surface area contributed by atoms with Crippen molar-refractivity contribution < 1.29 is 4.39 Å². The molecule has 0 aromatic heterocycles. The predicted molar refractivity (Wildman–Crippen MR) is 110 cm³/mol. The van der Waals surface area contributed by atoms with Crippen LogP contribution in [-0.2, 0) is 6.42 Å². The summed E-state index contributed by atoms with van der Waals surface area (Å²) in [6.07, 6.45) is 1.56. The molecule has 1 aliphatic rings. The van der Waals surface area contributed by atoms with E-state index in [9.17, 15) is 4.39 Å². The highest BCUT2D eigenvalue weighted by Gasteiger charge is 2.18. The Labute approximate surface area is 165 Å². The molecule has 0 spiro atoms. The number of likely N-dealkylation sites (N-methyl/N-ethyl adjacent to an activating group) is 1. The van der Waals surface area contributed by atoms with Gasteiger partial charge in [-0.1, -0.05) is 22.0 Å². The molecular weight excluding hydrogens is 397 g/mol. The summed E-state index contributed by atoms with van der Waals surface area (Å²) in [6.45, 7) is 8.37. The molecule has 0 amide bonds. The van der Waals surface area contributed by atoms with E-state index in [1.165, 1.54) is 6.07 Å². The van der Waals surface area contributed by atoms with Crippen molar-refractivity contribution in [2.45, 2.75) is 25.8 Å². The van der Waals surface area contributed by atoms with E-state index < -0.39 is 0 Å². The quantitative estimate of drug-likeness (QED) is 0.398. The van der Waals surface area contributed by atoms with Gasteiger partial charge in [0.05, 0.1) is 0 Å². The van der Waals surface area contributed by atoms with Gasteiger partial charge >= 0.3 is 0 Å². The number of benzene rings is 1. The predicted octanol–water partition coefficient (Wildman–Crippen LogP) is 2.32. The molecule has 0 bridgehead atoms. The van der Waals surface area contributed by atoms with Gasteiger partial charge in [-0.05, 0) is 44.5 Å². The number of guanidine groups is 1. The van der Waals surface area contributed by atoms with Crippen LogP contribution in [0, 0.1) is 5.82 Å². The molecule has 1 aromatic rings. The number of aliphatic imine (C=N–C) groups is 1. The smallest absolute Gasteiger partial charge is 0.191 e. The first-order chi connectivity index (χ1) is 12.5. The first-order valence-electron chi connectivity index (χ1n) is 9.30. The summed E-state index contributed by atoms with van der Waals surface area (Å²) in [5, 5.41) is 6.71. The number of halogens is 2. The zero-order valence-corrected chi connectivity index (χ0v) is 17.6. The van der Waals surface area contributed by atoms with Crippen molar-refractivity contribution in [1.82, 2.24) is 20.4 Å². The maximum Gasteiger partial charge on any atom is 0.191 e. The van der Waals surface area contributed by atoms with Gasteiger partial charge in [-0.15, -0.1) is 0 Å². The second kappa shape index (κ2) is 10.8. The molecule has 1 heterocycles. The topological polar surface area (TPSA) is 42.9 Å². The van der Waals surface area contributed by atoms with Gasteiger partial charge in [-0.2, -0.15) is 0 Å². The summed E-state index contributed by atoms with van der Waals surface area (Å²) >= 11 is 3.28. The van der Waals surface area contributed by atoms with Gasteiger partial charge in [-0.3, -0.25) is 9.89 Å². The van der Waals surface area contributed by atoms with E-state index in [0.29, 0.717) is 12.5 Å². The van der Waals surface area contributed by atoms with E-state index in [1.807, 2.05) is 12.1 Å². The lowest BCUT2D eigenvalue weighted by atomic mass is 10.1.